The molecule has 18 rings (SSSR count). The van der Waals surface area contributed by atoms with Crippen LogP contribution in [-0.4, -0.2) is 19.8 Å². The second-order valence-electron chi connectivity index (χ2n) is 28.0. The van der Waals surface area contributed by atoms with Gasteiger partial charge in [0, 0.05) is 17.1 Å². The minimum Gasteiger partial charge on any atom is -0.481 e. The predicted octanol–water partition coefficient (Wildman–Crippen LogP) is 22.7. The number of fused-ring (bicyclic) bond motifs is 9. The van der Waals surface area contributed by atoms with Crippen LogP contribution in [0.1, 0.15) is 121 Å². The van der Waals surface area contributed by atoms with Crippen molar-refractivity contribution in [2.75, 3.05) is 24.7 Å². The summed E-state index contributed by atoms with van der Waals surface area (Å²) in [5.74, 6) is 20.5. The fourth-order valence-electron chi connectivity index (χ4n) is 17.9. The molecule has 0 saturated heterocycles. The second kappa shape index (κ2) is 27.3. The molecule has 15 aromatic carbocycles. The van der Waals surface area contributed by atoms with Crippen LogP contribution in [0.5, 0.6) is 17.2 Å². The lowest BCUT2D eigenvalue weighted by Crippen LogP contribution is -2.36. The normalized spacial score (nSPS) is 13.6. The van der Waals surface area contributed by atoms with Gasteiger partial charge in [0.1, 0.15) is 37.1 Å². The molecule has 0 saturated carbocycles. The zero-order chi connectivity index (χ0) is 71.2. The van der Waals surface area contributed by atoms with Crippen molar-refractivity contribution < 1.29 is 14.2 Å². The molecule has 0 aromatic heterocycles. The Hall–Kier alpha value is -13.0. The summed E-state index contributed by atoms with van der Waals surface area (Å²) in [7, 11) is 0. The van der Waals surface area contributed by atoms with Gasteiger partial charge < -0.3 is 19.1 Å². The molecule has 506 valence electrons. The second-order valence-corrected chi connectivity index (χ2v) is 28.0. The highest BCUT2D eigenvalue weighted by Gasteiger charge is 2.47. The van der Waals surface area contributed by atoms with E-state index in [9.17, 15) is 0 Å². The topological polar surface area (TPSA) is 30.9 Å². The van der Waals surface area contributed by atoms with Crippen LogP contribution < -0.4 is 19.1 Å². The van der Waals surface area contributed by atoms with Gasteiger partial charge >= 0.3 is 0 Å². The fourth-order valence-corrected chi connectivity index (χ4v) is 17.9. The van der Waals surface area contributed by atoms with Crippen LogP contribution >= 0.6 is 0 Å². The fraction of sp³-hybridized carbons (Fsp3) is 0.118. The first-order chi connectivity index (χ1) is 52.4. The summed E-state index contributed by atoms with van der Waals surface area (Å²) >= 11 is 0. The zero-order valence-electron chi connectivity index (χ0n) is 59.6. The maximum absolute atomic E-state index is 6.11. The molecule has 0 spiro atoms. The van der Waals surface area contributed by atoms with Crippen molar-refractivity contribution in [1.82, 2.24) is 0 Å². The van der Waals surface area contributed by atoms with Gasteiger partial charge in [-0.25, -0.2) is 0 Å². The van der Waals surface area contributed by atoms with Gasteiger partial charge in [-0.3, -0.25) is 0 Å². The van der Waals surface area contributed by atoms with E-state index < -0.39 is 16.2 Å². The van der Waals surface area contributed by atoms with E-state index in [1.165, 1.54) is 100 Å². The lowest BCUT2D eigenvalue weighted by atomic mass is 9.59. The van der Waals surface area contributed by atoms with Crippen LogP contribution in [-0.2, 0) is 35.5 Å². The Kier molecular flexibility index (Phi) is 16.7. The number of benzene rings is 15. The van der Waals surface area contributed by atoms with Gasteiger partial charge in [0.15, 0.2) is 0 Å². The Balaban J connectivity index is 0.829. The summed E-state index contributed by atoms with van der Waals surface area (Å²) in [4.78, 5) is 2.46. The molecule has 4 heteroatoms. The Morgan fingerprint density at radius 3 is 0.708 bits per heavy atom. The lowest BCUT2D eigenvalue weighted by molar-refractivity contribution is 0.370. The van der Waals surface area contributed by atoms with Crippen molar-refractivity contribution in [2.24, 2.45) is 0 Å². The molecule has 0 radical (unpaired) electrons. The number of hydrogen-bond acceptors (Lipinski definition) is 4. The standard InChI is InChI=1S/C102H75NO3/c1-4-7-58-104-91-55-37-70-64-85(40-34-73(70)67-91)100(94-28-16-10-22-76(94)61-77-23-11-17-29-95(77)100)82-43-49-88(50-44-82)103(89-51-45-83(46-52-89)101(96-30-18-12-24-78(96)62-79-25-13-19-31-97(79)101)86-41-35-74-68-92(105-59-8-5-2)56-38-71(74)65-86)90-53-47-84(48-54-90)102(98-32-20-14-26-80(98)63-81-27-15-21-33-99(81)102)87-42-36-75-69-93(106-60-9-6-3)57-39-72(75)66-87/h10-57,64-69H,58-63H2,1-3H3. The van der Waals surface area contributed by atoms with Crippen molar-refractivity contribution in [3.05, 3.63) is 428 Å². The van der Waals surface area contributed by atoms with Crippen LogP contribution in [0, 0.1) is 35.5 Å². The summed E-state index contributed by atoms with van der Waals surface area (Å²) in [5.41, 5.74) is 23.8. The van der Waals surface area contributed by atoms with E-state index in [4.69, 9.17) is 14.2 Å². The van der Waals surface area contributed by atoms with Crippen molar-refractivity contribution >= 4 is 49.4 Å². The molecular formula is C102H75NO3. The summed E-state index contributed by atoms with van der Waals surface area (Å²) in [6.45, 7) is 6.56. The highest BCUT2D eigenvalue weighted by molar-refractivity contribution is 5.90. The number of anilines is 3. The average molecular weight is 1360 g/mol. The SMILES string of the molecule is CC#CCOc1ccc2cc(C3(c4ccc(N(c5ccc(C6(c7ccc8cc(OCC#CC)ccc8c7)c7ccccc7Cc7ccccc76)cc5)c5ccc(C6(c7ccc8cc(OCC#CC)ccc8c7)c7ccccc7Cc7ccccc76)cc5)cc4)c4ccccc4Cc4ccccc43)ccc2c1. The predicted molar refractivity (Wildman–Crippen MR) is 434 cm³/mol. The minimum absolute atomic E-state index is 0.345. The van der Waals surface area contributed by atoms with Gasteiger partial charge in [0.25, 0.3) is 0 Å². The first-order valence-electron chi connectivity index (χ1n) is 36.7. The van der Waals surface area contributed by atoms with Gasteiger partial charge in [0.05, 0.1) is 16.2 Å². The Labute approximate surface area is 621 Å². The van der Waals surface area contributed by atoms with E-state index in [1.54, 1.807) is 0 Å². The van der Waals surface area contributed by atoms with Gasteiger partial charge in [-0.05, 0) is 263 Å². The van der Waals surface area contributed by atoms with E-state index in [2.05, 4.69) is 368 Å². The number of rotatable bonds is 15. The Morgan fingerprint density at radius 2 is 0.462 bits per heavy atom. The van der Waals surface area contributed by atoms with Crippen LogP contribution in [0.15, 0.2) is 328 Å². The number of nitrogens with zero attached hydrogens (tertiary/aromatic N) is 1. The zero-order valence-corrected chi connectivity index (χ0v) is 59.6. The molecule has 4 nitrogen and oxygen atoms in total. The molecule has 106 heavy (non-hydrogen) atoms. The highest BCUT2D eigenvalue weighted by Crippen LogP contribution is 2.56. The molecule has 15 aromatic rings. The summed E-state index contributed by atoms with van der Waals surface area (Å²) in [6.07, 6.45) is 2.53. The number of ether oxygens (including phenoxy) is 3. The molecule has 0 unspecified atom stereocenters. The Morgan fingerprint density at radius 1 is 0.245 bits per heavy atom. The van der Waals surface area contributed by atoms with Crippen LogP contribution in [0.2, 0.25) is 0 Å². The van der Waals surface area contributed by atoms with Crippen LogP contribution in [0.3, 0.4) is 0 Å². The largest absolute Gasteiger partial charge is 0.481 e. The van der Waals surface area contributed by atoms with E-state index in [1.807, 2.05) is 20.8 Å². The third-order valence-corrected chi connectivity index (χ3v) is 22.5. The summed E-state index contributed by atoms with van der Waals surface area (Å²) < 4.78 is 18.3. The molecule has 3 aliphatic carbocycles. The number of hydrogen-bond donors (Lipinski definition) is 0. The van der Waals surface area contributed by atoms with E-state index in [0.29, 0.717) is 19.8 Å². The molecule has 3 aliphatic rings. The molecular weight excluding hydrogens is 1290 g/mol. The molecule has 0 fully saturated rings. The molecule has 0 aliphatic heterocycles. The van der Waals surface area contributed by atoms with Gasteiger partial charge in [-0.1, -0.05) is 254 Å². The summed E-state index contributed by atoms with van der Waals surface area (Å²) in [5, 5.41) is 6.75. The smallest absolute Gasteiger partial charge is 0.149 e. The van der Waals surface area contributed by atoms with E-state index in [-0.39, 0.29) is 0 Å². The molecule has 0 bridgehead atoms. The van der Waals surface area contributed by atoms with Crippen molar-refractivity contribution in [3.8, 4) is 52.8 Å². The van der Waals surface area contributed by atoms with Crippen molar-refractivity contribution in [2.45, 2.75) is 56.3 Å². The van der Waals surface area contributed by atoms with Gasteiger partial charge in [-0.2, -0.15) is 0 Å². The third-order valence-electron chi connectivity index (χ3n) is 22.5. The Bertz CT molecular complexity index is 5410. The van der Waals surface area contributed by atoms with Crippen LogP contribution in [0.25, 0.3) is 32.3 Å². The molecule has 0 heterocycles. The maximum Gasteiger partial charge on any atom is 0.149 e. The van der Waals surface area contributed by atoms with Gasteiger partial charge in [-0.15, -0.1) is 17.8 Å². The van der Waals surface area contributed by atoms with Crippen molar-refractivity contribution in [1.29, 1.82) is 0 Å². The van der Waals surface area contributed by atoms with E-state index >= 15 is 0 Å². The monoisotopic (exact) mass is 1360 g/mol. The lowest BCUT2D eigenvalue weighted by Gasteiger charge is -2.43. The molecule has 0 atom stereocenters. The van der Waals surface area contributed by atoms with Gasteiger partial charge in [0.2, 0.25) is 0 Å². The van der Waals surface area contributed by atoms with Crippen LogP contribution in [0.4, 0.5) is 17.1 Å². The summed E-state index contributed by atoms with van der Waals surface area (Å²) in [6, 6.07) is 123. The minimum atomic E-state index is -0.675. The van der Waals surface area contributed by atoms with E-state index in [0.717, 1.165) is 85.9 Å². The van der Waals surface area contributed by atoms with Crippen molar-refractivity contribution in [3.63, 3.8) is 0 Å². The highest BCUT2D eigenvalue weighted by atomic mass is 16.5. The maximum atomic E-state index is 6.11. The quantitative estimate of drug-likeness (QED) is 0.0957. The molecule has 0 N–H and O–H groups in total. The third kappa shape index (κ3) is 10.9. The molecule has 0 amide bonds. The average Bonchev–Trinajstić information content (AvgIpc) is 0.717. The first-order valence-corrected chi connectivity index (χ1v) is 36.7. The first kappa shape index (κ1) is 65.0.